The predicted octanol–water partition coefficient (Wildman–Crippen LogP) is 6.18. The summed E-state index contributed by atoms with van der Waals surface area (Å²) in [7, 11) is 1.35. The van der Waals surface area contributed by atoms with E-state index in [1.807, 2.05) is 31.2 Å². The fraction of sp³-hybridized carbons (Fsp3) is 0.667. The van der Waals surface area contributed by atoms with Gasteiger partial charge in [-0.2, -0.15) is 0 Å². The van der Waals surface area contributed by atoms with Gasteiger partial charge in [-0.25, -0.2) is 9.78 Å². The van der Waals surface area contributed by atoms with E-state index in [0.29, 0.717) is 24.8 Å². The standard InChI is InChI=1S/C36H48N2O7/c1-3-43-33-26-16-9-10-18-29(26)37-34-27(33)17-6-4-5-14-24-15-11-19-31(24)45-32(39)21-28(23-12-7-8-13-23)35(40)38-22-25(44-34)20-30(38)36(41)42-2/h9-10,16,18,23-25,28,30-31H,3-8,11-15,17,19-22H2,1-2H3/t24-,25-,28+,30+,31-/m1/s1. The van der Waals surface area contributed by atoms with Crippen molar-refractivity contribution in [3.8, 4) is 11.6 Å². The van der Waals surface area contributed by atoms with Gasteiger partial charge in [0.05, 0.1) is 43.7 Å². The highest BCUT2D eigenvalue weighted by molar-refractivity contribution is 5.89. The Morgan fingerprint density at radius 3 is 2.51 bits per heavy atom. The first-order chi connectivity index (χ1) is 22.0. The first-order valence-electron chi connectivity index (χ1n) is 17.3. The summed E-state index contributed by atoms with van der Waals surface area (Å²) in [5.41, 5.74) is 1.72. The molecule has 1 amide bonds. The van der Waals surface area contributed by atoms with Gasteiger partial charge in [-0.15, -0.1) is 0 Å². The summed E-state index contributed by atoms with van der Waals surface area (Å²) in [6, 6.07) is 7.15. The van der Waals surface area contributed by atoms with E-state index < -0.39 is 24.0 Å². The Bertz CT molecular complexity index is 1370. The van der Waals surface area contributed by atoms with Crippen LogP contribution in [0.1, 0.15) is 96.0 Å². The molecule has 9 heteroatoms. The highest BCUT2D eigenvalue weighted by Gasteiger charge is 2.46. The van der Waals surface area contributed by atoms with Crippen molar-refractivity contribution in [2.45, 2.75) is 115 Å². The third-order valence-corrected chi connectivity index (χ3v) is 10.5. The summed E-state index contributed by atoms with van der Waals surface area (Å²) in [4.78, 5) is 47.4. The van der Waals surface area contributed by atoms with Crippen LogP contribution in [0, 0.1) is 17.8 Å². The zero-order valence-electron chi connectivity index (χ0n) is 26.8. The first kappa shape index (κ1) is 31.6. The molecule has 1 aromatic heterocycles. The summed E-state index contributed by atoms with van der Waals surface area (Å²) >= 11 is 0. The van der Waals surface area contributed by atoms with Crippen LogP contribution in [0.3, 0.4) is 0 Å². The fourth-order valence-electron chi connectivity index (χ4n) is 8.27. The maximum absolute atomic E-state index is 14.4. The van der Waals surface area contributed by atoms with Crippen molar-refractivity contribution in [3.05, 3.63) is 29.8 Å². The second-order valence-corrected chi connectivity index (χ2v) is 13.4. The average molecular weight is 621 g/mol. The minimum atomic E-state index is -0.788. The largest absolute Gasteiger partial charge is 0.493 e. The lowest BCUT2D eigenvalue weighted by Gasteiger charge is -2.30. The lowest BCUT2D eigenvalue weighted by molar-refractivity contribution is -0.158. The van der Waals surface area contributed by atoms with Gasteiger partial charge >= 0.3 is 11.9 Å². The maximum atomic E-state index is 14.4. The van der Waals surface area contributed by atoms with Gasteiger partial charge in [0.2, 0.25) is 11.8 Å². The average Bonchev–Trinajstić information content (AvgIpc) is 3.82. The Balaban J connectivity index is 1.37. The number of pyridine rings is 1. The second-order valence-electron chi connectivity index (χ2n) is 13.4. The summed E-state index contributed by atoms with van der Waals surface area (Å²) in [6.45, 7) is 2.72. The van der Waals surface area contributed by atoms with E-state index in [2.05, 4.69) is 0 Å². The molecule has 0 spiro atoms. The van der Waals surface area contributed by atoms with Crippen molar-refractivity contribution < 1.29 is 33.3 Å². The van der Waals surface area contributed by atoms with E-state index in [1.54, 1.807) is 4.90 Å². The van der Waals surface area contributed by atoms with Crippen molar-refractivity contribution in [2.24, 2.45) is 17.8 Å². The number of carbonyl (C=O) groups excluding carboxylic acids is 3. The molecule has 244 valence electrons. The molecule has 0 N–H and O–H groups in total. The summed E-state index contributed by atoms with van der Waals surface area (Å²) in [5.74, 6) is 0.305. The van der Waals surface area contributed by atoms with E-state index >= 15 is 0 Å². The number of rotatable bonds is 4. The van der Waals surface area contributed by atoms with E-state index in [0.717, 1.165) is 99.3 Å². The molecular formula is C36H48N2O7. The van der Waals surface area contributed by atoms with Crippen LogP contribution in [0.15, 0.2) is 24.3 Å². The number of fused-ring (bicyclic) bond motifs is 5. The minimum absolute atomic E-state index is 0.0523. The molecule has 2 aliphatic heterocycles. The van der Waals surface area contributed by atoms with E-state index in [9.17, 15) is 14.4 Å². The highest BCUT2D eigenvalue weighted by atomic mass is 16.5. The topological polar surface area (TPSA) is 104 Å². The molecule has 6 rings (SSSR count). The number of hydrogen-bond donors (Lipinski definition) is 0. The van der Waals surface area contributed by atoms with Gasteiger partial charge in [-0.05, 0) is 82.3 Å². The maximum Gasteiger partial charge on any atom is 0.328 e. The second kappa shape index (κ2) is 14.4. The molecule has 2 aromatic rings. The Kier molecular flexibility index (Phi) is 10.1. The van der Waals surface area contributed by atoms with E-state index in [1.165, 1.54) is 7.11 Å². The monoisotopic (exact) mass is 620 g/mol. The molecule has 0 radical (unpaired) electrons. The number of carbonyl (C=O) groups is 3. The summed E-state index contributed by atoms with van der Waals surface area (Å²) in [6.07, 6.45) is 11.5. The lowest BCUT2D eigenvalue weighted by atomic mass is 9.86. The third kappa shape index (κ3) is 6.92. The summed E-state index contributed by atoms with van der Waals surface area (Å²) < 4.78 is 24.2. The van der Waals surface area contributed by atoms with Crippen molar-refractivity contribution in [2.75, 3.05) is 20.3 Å². The lowest BCUT2D eigenvalue weighted by Crippen LogP contribution is -2.46. The molecule has 45 heavy (non-hydrogen) atoms. The number of hydrogen-bond acceptors (Lipinski definition) is 8. The van der Waals surface area contributed by atoms with Gasteiger partial charge in [-0.3, -0.25) is 9.59 Å². The zero-order valence-corrected chi connectivity index (χ0v) is 26.8. The van der Waals surface area contributed by atoms with Crippen LogP contribution in [0.25, 0.3) is 10.9 Å². The molecule has 2 saturated carbocycles. The number of aromatic nitrogens is 1. The molecule has 5 atom stereocenters. The highest BCUT2D eigenvalue weighted by Crippen LogP contribution is 2.40. The number of benzene rings is 1. The van der Waals surface area contributed by atoms with Gasteiger partial charge < -0.3 is 23.8 Å². The molecule has 3 fully saturated rings. The molecule has 1 aromatic carbocycles. The molecule has 4 aliphatic rings. The fourth-order valence-corrected chi connectivity index (χ4v) is 8.27. The van der Waals surface area contributed by atoms with Gasteiger partial charge in [0, 0.05) is 11.8 Å². The van der Waals surface area contributed by atoms with E-state index in [4.69, 9.17) is 23.9 Å². The molecule has 1 saturated heterocycles. The van der Waals surface area contributed by atoms with Crippen LogP contribution in [-0.4, -0.2) is 66.2 Å². The van der Waals surface area contributed by atoms with Crippen molar-refractivity contribution in [1.82, 2.24) is 9.88 Å². The van der Waals surface area contributed by atoms with Gasteiger partial charge in [0.15, 0.2) is 0 Å². The first-order valence-corrected chi connectivity index (χ1v) is 17.3. The normalized spacial score (nSPS) is 28.5. The number of methoxy groups -OCH3 is 1. The molecule has 2 aliphatic carbocycles. The van der Waals surface area contributed by atoms with Crippen LogP contribution >= 0.6 is 0 Å². The zero-order chi connectivity index (χ0) is 31.3. The van der Waals surface area contributed by atoms with Crippen molar-refractivity contribution in [3.63, 3.8) is 0 Å². The number of ether oxygens (including phenoxy) is 4. The van der Waals surface area contributed by atoms with Gasteiger partial charge in [0.1, 0.15) is 24.0 Å². The molecule has 0 unspecified atom stereocenters. The predicted molar refractivity (Wildman–Crippen MR) is 169 cm³/mol. The van der Waals surface area contributed by atoms with Crippen LogP contribution < -0.4 is 9.47 Å². The smallest absolute Gasteiger partial charge is 0.328 e. The van der Waals surface area contributed by atoms with Crippen molar-refractivity contribution >= 4 is 28.7 Å². The number of esters is 2. The summed E-state index contributed by atoms with van der Waals surface area (Å²) in [5, 5.41) is 0.953. The molecule has 3 heterocycles. The Morgan fingerprint density at radius 2 is 1.71 bits per heavy atom. The van der Waals surface area contributed by atoms with Gasteiger partial charge in [-0.1, -0.05) is 37.8 Å². The Hall–Kier alpha value is -3.36. The number of para-hydroxylation sites is 1. The number of nitrogens with zero attached hydrogens (tertiary/aromatic N) is 2. The van der Waals surface area contributed by atoms with Gasteiger partial charge in [0.25, 0.3) is 0 Å². The van der Waals surface area contributed by atoms with Crippen molar-refractivity contribution in [1.29, 1.82) is 0 Å². The Labute approximate surface area is 266 Å². The van der Waals surface area contributed by atoms with Crippen LogP contribution in [0.2, 0.25) is 0 Å². The quantitative estimate of drug-likeness (QED) is 0.374. The molecular weight excluding hydrogens is 572 g/mol. The van der Waals surface area contributed by atoms with Crippen LogP contribution in [-0.2, 0) is 30.3 Å². The Morgan fingerprint density at radius 1 is 0.956 bits per heavy atom. The SMILES string of the molecule is CCOc1c2c(nc3ccccc13)O[C@@H]1C[C@@H](C(=O)OC)N(C1)C(=O)[C@H](C1CCCC1)CC(=O)O[C@@H]1CCC[C@H]1CCCCC2. The minimum Gasteiger partial charge on any atom is -0.493 e. The van der Waals surface area contributed by atoms with Crippen LogP contribution in [0.4, 0.5) is 0 Å². The number of amides is 1. The van der Waals surface area contributed by atoms with Crippen LogP contribution in [0.5, 0.6) is 11.6 Å². The third-order valence-electron chi connectivity index (χ3n) is 10.5. The molecule has 9 nitrogen and oxygen atoms in total. The van der Waals surface area contributed by atoms with E-state index in [-0.39, 0.29) is 36.9 Å². The molecule has 2 bridgehead atoms.